The summed E-state index contributed by atoms with van der Waals surface area (Å²) in [6, 6.07) is 12.0. The number of ether oxygens (including phenoxy) is 2. The standard InChI is InChI=1S/C25H33N3O3/c1-25(2,29)17-26-24-18-9-4-5-10-20(18)27-21-16-23(22(30-3)15-19(21)24)31-14-8-13-28-11-6-7-12-28/h4-5,9-10,15-16,29H,6-8,11-14,17H2,1-3H3,(H,26,27). The quantitative estimate of drug-likeness (QED) is 0.392. The minimum Gasteiger partial charge on any atom is -0.493 e. The third kappa shape index (κ3) is 5.20. The lowest BCUT2D eigenvalue weighted by molar-refractivity contribution is 0.0946. The number of para-hydroxylation sites is 1. The first-order chi connectivity index (χ1) is 14.9. The normalized spacial score (nSPS) is 15.0. The lowest BCUT2D eigenvalue weighted by Crippen LogP contribution is -2.29. The molecule has 4 rings (SSSR count). The van der Waals surface area contributed by atoms with Crippen LogP contribution in [0.5, 0.6) is 11.5 Å². The zero-order chi connectivity index (χ0) is 21.8. The molecule has 1 aliphatic rings. The fraction of sp³-hybridized carbons (Fsp3) is 0.480. The van der Waals surface area contributed by atoms with Crippen molar-refractivity contribution in [3.63, 3.8) is 0 Å². The molecule has 6 nitrogen and oxygen atoms in total. The lowest BCUT2D eigenvalue weighted by Gasteiger charge is -2.21. The number of hydrogen-bond acceptors (Lipinski definition) is 6. The molecule has 2 heterocycles. The summed E-state index contributed by atoms with van der Waals surface area (Å²) in [5.74, 6) is 1.41. The first kappa shape index (κ1) is 21.7. The fourth-order valence-corrected chi connectivity index (χ4v) is 4.14. The SMILES string of the molecule is COc1cc2c(NCC(C)(C)O)c3ccccc3nc2cc1OCCCN1CCCC1. The van der Waals surface area contributed by atoms with Crippen molar-refractivity contribution >= 4 is 27.5 Å². The summed E-state index contributed by atoms with van der Waals surface area (Å²) in [4.78, 5) is 7.36. The summed E-state index contributed by atoms with van der Waals surface area (Å²) in [5.41, 5.74) is 1.85. The van der Waals surface area contributed by atoms with E-state index in [9.17, 15) is 5.11 Å². The number of hydrogen-bond donors (Lipinski definition) is 2. The minimum absolute atomic E-state index is 0.424. The van der Waals surface area contributed by atoms with Crippen molar-refractivity contribution in [2.24, 2.45) is 0 Å². The topological polar surface area (TPSA) is 66.8 Å². The van der Waals surface area contributed by atoms with Gasteiger partial charge >= 0.3 is 0 Å². The molecular formula is C25H33N3O3. The van der Waals surface area contributed by atoms with Gasteiger partial charge in [0, 0.05) is 29.9 Å². The van der Waals surface area contributed by atoms with Gasteiger partial charge in [-0.05, 0) is 58.3 Å². The maximum atomic E-state index is 10.2. The van der Waals surface area contributed by atoms with Crippen LogP contribution in [0.2, 0.25) is 0 Å². The molecule has 31 heavy (non-hydrogen) atoms. The molecule has 0 radical (unpaired) electrons. The monoisotopic (exact) mass is 423 g/mol. The van der Waals surface area contributed by atoms with E-state index in [1.165, 1.54) is 25.9 Å². The van der Waals surface area contributed by atoms with Gasteiger partial charge in [0.2, 0.25) is 0 Å². The minimum atomic E-state index is -0.834. The summed E-state index contributed by atoms with van der Waals surface area (Å²) in [7, 11) is 1.66. The number of anilines is 1. The second kappa shape index (κ2) is 9.28. The average molecular weight is 424 g/mol. The molecule has 0 unspecified atom stereocenters. The molecule has 0 atom stereocenters. The van der Waals surface area contributed by atoms with Crippen molar-refractivity contribution < 1.29 is 14.6 Å². The van der Waals surface area contributed by atoms with Crippen LogP contribution in [0.3, 0.4) is 0 Å². The molecule has 2 N–H and O–H groups in total. The number of nitrogens with one attached hydrogen (secondary N) is 1. The Morgan fingerprint density at radius 2 is 1.84 bits per heavy atom. The Labute approximate surface area is 184 Å². The zero-order valence-electron chi connectivity index (χ0n) is 18.8. The molecule has 0 saturated carbocycles. The number of methoxy groups -OCH3 is 1. The third-order valence-corrected chi connectivity index (χ3v) is 5.74. The van der Waals surface area contributed by atoms with Gasteiger partial charge in [0.15, 0.2) is 11.5 Å². The number of pyridine rings is 1. The largest absolute Gasteiger partial charge is 0.493 e. The van der Waals surface area contributed by atoms with E-state index >= 15 is 0 Å². The predicted octanol–water partition coefficient (Wildman–Crippen LogP) is 4.44. The van der Waals surface area contributed by atoms with Crippen molar-refractivity contribution in [3.05, 3.63) is 36.4 Å². The highest BCUT2D eigenvalue weighted by Gasteiger charge is 2.18. The van der Waals surface area contributed by atoms with E-state index in [0.717, 1.165) is 40.5 Å². The Morgan fingerprint density at radius 3 is 2.58 bits per heavy atom. The first-order valence-corrected chi connectivity index (χ1v) is 11.2. The van der Waals surface area contributed by atoms with Crippen LogP contribution in [-0.4, -0.2) is 60.5 Å². The molecule has 1 fully saturated rings. The van der Waals surface area contributed by atoms with Crippen LogP contribution < -0.4 is 14.8 Å². The molecule has 0 spiro atoms. The highest BCUT2D eigenvalue weighted by molar-refractivity contribution is 6.08. The fourth-order valence-electron chi connectivity index (χ4n) is 4.14. The first-order valence-electron chi connectivity index (χ1n) is 11.2. The predicted molar refractivity (Wildman–Crippen MR) is 126 cm³/mol. The van der Waals surface area contributed by atoms with Crippen molar-refractivity contribution in [2.75, 3.05) is 45.2 Å². The summed E-state index contributed by atoms with van der Waals surface area (Å²) >= 11 is 0. The van der Waals surface area contributed by atoms with Crippen molar-refractivity contribution in [2.45, 2.75) is 38.7 Å². The summed E-state index contributed by atoms with van der Waals surface area (Å²) in [5, 5.41) is 15.6. The van der Waals surface area contributed by atoms with Crippen LogP contribution in [0, 0.1) is 0 Å². The van der Waals surface area contributed by atoms with Gasteiger partial charge in [-0.2, -0.15) is 0 Å². The van der Waals surface area contributed by atoms with Gasteiger partial charge in [0.05, 0.1) is 36.0 Å². The van der Waals surface area contributed by atoms with E-state index in [1.807, 2.05) is 36.4 Å². The van der Waals surface area contributed by atoms with Gasteiger partial charge in [-0.25, -0.2) is 4.98 Å². The molecule has 0 bridgehead atoms. The molecule has 2 aromatic carbocycles. The maximum absolute atomic E-state index is 10.2. The smallest absolute Gasteiger partial charge is 0.163 e. The van der Waals surface area contributed by atoms with Crippen LogP contribution in [0.1, 0.15) is 33.1 Å². The second-order valence-corrected chi connectivity index (χ2v) is 8.94. The Balaban J connectivity index is 1.63. The number of likely N-dealkylation sites (tertiary alicyclic amines) is 1. The molecule has 0 amide bonds. The van der Waals surface area contributed by atoms with Gasteiger partial charge in [-0.1, -0.05) is 18.2 Å². The summed E-state index contributed by atoms with van der Waals surface area (Å²) < 4.78 is 11.8. The lowest BCUT2D eigenvalue weighted by atomic mass is 10.1. The molecule has 3 aromatic rings. The van der Waals surface area contributed by atoms with E-state index in [1.54, 1.807) is 21.0 Å². The highest BCUT2D eigenvalue weighted by Crippen LogP contribution is 2.38. The number of benzene rings is 2. The molecular weight excluding hydrogens is 390 g/mol. The number of nitrogens with zero attached hydrogens (tertiary/aromatic N) is 2. The molecule has 1 aromatic heterocycles. The zero-order valence-corrected chi connectivity index (χ0v) is 18.8. The maximum Gasteiger partial charge on any atom is 0.163 e. The number of aromatic nitrogens is 1. The van der Waals surface area contributed by atoms with Crippen LogP contribution in [0.4, 0.5) is 5.69 Å². The second-order valence-electron chi connectivity index (χ2n) is 8.94. The number of fused-ring (bicyclic) bond motifs is 2. The van der Waals surface area contributed by atoms with Crippen molar-refractivity contribution in [1.82, 2.24) is 9.88 Å². The van der Waals surface area contributed by atoms with Crippen LogP contribution in [-0.2, 0) is 0 Å². The van der Waals surface area contributed by atoms with E-state index in [0.29, 0.717) is 24.7 Å². The van der Waals surface area contributed by atoms with E-state index in [4.69, 9.17) is 14.5 Å². The van der Waals surface area contributed by atoms with Crippen LogP contribution >= 0.6 is 0 Å². The number of rotatable bonds is 9. The Hall–Kier alpha value is -2.57. The third-order valence-electron chi connectivity index (χ3n) is 5.74. The summed E-state index contributed by atoms with van der Waals surface area (Å²) in [6.07, 6.45) is 3.61. The molecule has 166 valence electrons. The van der Waals surface area contributed by atoms with Gasteiger partial charge in [0.25, 0.3) is 0 Å². The van der Waals surface area contributed by atoms with Gasteiger partial charge in [-0.15, -0.1) is 0 Å². The van der Waals surface area contributed by atoms with Crippen LogP contribution in [0.15, 0.2) is 36.4 Å². The van der Waals surface area contributed by atoms with Crippen molar-refractivity contribution in [3.8, 4) is 11.5 Å². The Morgan fingerprint density at radius 1 is 1.06 bits per heavy atom. The van der Waals surface area contributed by atoms with E-state index < -0.39 is 5.60 Å². The summed E-state index contributed by atoms with van der Waals surface area (Å²) in [6.45, 7) is 8.14. The molecule has 6 heteroatoms. The van der Waals surface area contributed by atoms with E-state index in [2.05, 4.69) is 10.2 Å². The molecule has 0 aliphatic carbocycles. The highest BCUT2D eigenvalue weighted by atomic mass is 16.5. The molecule has 1 aliphatic heterocycles. The Bertz CT molecular complexity index is 1040. The van der Waals surface area contributed by atoms with Gasteiger partial charge < -0.3 is 24.8 Å². The van der Waals surface area contributed by atoms with Gasteiger partial charge in [-0.3, -0.25) is 0 Å². The molecule has 1 saturated heterocycles. The van der Waals surface area contributed by atoms with Crippen molar-refractivity contribution in [1.29, 1.82) is 0 Å². The Kier molecular flexibility index (Phi) is 6.49. The number of aliphatic hydroxyl groups is 1. The van der Waals surface area contributed by atoms with Crippen LogP contribution in [0.25, 0.3) is 21.8 Å². The van der Waals surface area contributed by atoms with Gasteiger partial charge in [0.1, 0.15) is 0 Å². The van der Waals surface area contributed by atoms with E-state index in [-0.39, 0.29) is 0 Å². The average Bonchev–Trinajstić information content (AvgIpc) is 3.26.